The van der Waals surface area contributed by atoms with Crippen molar-refractivity contribution in [2.24, 2.45) is 11.8 Å². The van der Waals surface area contributed by atoms with Crippen molar-refractivity contribution >= 4 is 23.8 Å². The highest BCUT2D eigenvalue weighted by Gasteiger charge is 2.36. The van der Waals surface area contributed by atoms with E-state index in [4.69, 9.17) is 20.1 Å². The maximum absolute atomic E-state index is 12.8. The van der Waals surface area contributed by atoms with Crippen LogP contribution < -0.4 is 21.6 Å². The lowest BCUT2D eigenvalue weighted by molar-refractivity contribution is -0.155. The van der Waals surface area contributed by atoms with Gasteiger partial charge in [-0.25, -0.2) is 20.2 Å². The van der Waals surface area contributed by atoms with E-state index in [2.05, 4.69) is 16.9 Å². The van der Waals surface area contributed by atoms with Crippen LogP contribution in [0.25, 0.3) is 0 Å². The van der Waals surface area contributed by atoms with Crippen LogP contribution in [0.1, 0.15) is 25.1 Å². The number of hydrogen-bond donors (Lipinski definition) is 6. The van der Waals surface area contributed by atoms with E-state index in [1.54, 1.807) is 36.4 Å². The van der Waals surface area contributed by atoms with Crippen LogP contribution in [0.3, 0.4) is 0 Å². The van der Waals surface area contributed by atoms with Crippen LogP contribution in [0, 0.1) is 5.92 Å². The maximum atomic E-state index is 12.8. The molecule has 244 valence electrons. The number of hydrazine groups is 1. The number of nitrogens with zero attached hydrogens (tertiary/aromatic N) is 3. The van der Waals surface area contributed by atoms with E-state index in [0.717, 1.165) is 10.1 Å². The van der Waals surface area contributed by atoms with Crippen molar-refractivity contribution in [3.63, 3.8) is 0 Å². The Morgan fingerprint density at radius 1 is 1.13 bits per heavy atom. The van der Waals surface area contributed by atoms with Crippen molar-refractivity contribution in [2.75, 3.05) is 11.9 Å². The largest absolute Gasteiger partial charge is 0.508 e. The van der Waals surface area contributed by atoms with Crippen LogP contribution in [0.2, 0.25) is 0 Å². The average Bonchev–Trinajstić information content (AvgIpc) is 3.38. The smallest absolute Gasteiger partial charge is 0.413 e. The van der Waals surface area contributed by atoms with Crippen LogP contribution in [0.4, 0.5) is 10.6 Å². The minimum atomic E-state index is -1.74. The fourth-order valence-corrected chi connectivity index (χ4v) is 4.61. The van der Waals surface area contributed by atoms with Crippen LogP contribution in [-0.2, 0) is 25.5 Å². The van der Waals surface area contributed by atoms with Crippen molar-refractivity contribution in [3.05, 3.63) is 89.0 Å². The molecular formula is C30H33N5O11. The summed E-state index contributed by atoms with van der Waals surface area (Å²) in [4.78, 5) is 53.5. The molecule has 7 N–H and O–H groups in total. The fraction of sp³-hybridized carbons (Fsp3) is 0.300. The number of phenols is 1. The number of aromatic hydroxyl groups is 1. The Kier molecular flexibility index (Phi) is 10.7. The van der Waals surface area contributed by atoms with Gasteiger partial charge in [0.15, 0.2) is 18.6 Å². The van der Waals surface area contributed by atoms with E-state index >= 15 is 0 Å². The van der Waals surface area contributed by atoms with Gasteiger partial charge in [0.2, 0.25) is 5.91 Å². The number of hydrogen-bond acceptors (Lipinski definition) is 12. The molecule has 46 heavy (non-hydrogen) atoms. The highest BCUT2D eigenvalue weighted by atomic mass is 16.6. The second-order valence-electron chi connectivity index (χ2n) is 10.3. The summed E-state index contributed by atoms with van der Waals surface area (Å²) in [5.41, 5.74) is 0.147. The van der Waals surface area contributed by atoms with Gasteiger partial charge in [-0.05, 0) is 66.9 Å². The van der Waals surface area contributed by atoms with E-state index in [1.165, 1.54) is 31.3 Å². The minimum absolute atomic E-state index is 0.0746. The van der Waals surface area contributed by atoms with Gasteiger partial charge in [0, 0.05) is 12.6 Å². The normalized spacial score (nSPS) is 17.3. The zero-order valence-electron chi connectivity index (χ0n) is 24.6. The molecule has 16 nitrogen and oxygen atoms in total. The van der Waals surface area contributed by atoms with Gasteiger partial charge in [-0.1, -0.05) is 18.7 Å². The standard InChI is InChI=1S/C30H33N5O11/c1-16-22(27(38)39)15-44-26(16)34-14-13-23(32-29(34)42)33-30(43)45-17(2)25(28(40)41)35(31)24(37)12-5-18-3-8-20(9-4-18)46-21-10-6-19(36)7-11-21/h3-4,6-11,13-14,17,22,25-27,36,38-39H,1,5,12,15,31H2,2H3,(H,40,41)(H,32,33,42,43)/t17?,22-,25+,26?/m1/s1. The number of aromatic nitrogens is 2. The number of carbonyl (C=O) groups excluding carboxylic acids is 2. The Morgan fingerprint density at radius 2 is 1.76 bits per heavy atom. The number of aryl methyl sites for hydroxylation is 1. The Labute approximate surface area is 261 Å². The lowest BCUT2D eigenvalue weighted by atomic mass is 10.0. The summed E-state index contributed by atoms with van der Waals surface area (Å²) < 4.78 is 17.3. The second kappa shape index (κ2) is 14.7. The monoisotopic (exact) mass is 639 g/mol. The molecule has 1 aliphatic rings. The third-order valence-electron chi connectivity index (χ3n) is 7.10. The van der Waals surface area contributed by atoms with Gasteiger partial charge in [0.1, 0.15) is 29.2 Å². The molecule has 2 aromatic carbocycles. The van der Waals surface area contributed by atoms with E-state index in [0.29, 0.717) is 16.5 Å². The minimum Gasteiger partial charge on any atom is -0.508 e. The average molecular weight is 640 g/mol. The first-order valence-corrected chi connectivity index (χ1v) is 13.9. The van der Waals surface area contributed by atoms with Crippen molar-refractivity contribution < 1.29 is 49.0 Å². The van der Waals surface area contributed by atoms with Gasteiger partial charge in [0.25, 0.3) is 0 Å². The van der Waals surface area contributed by atoms with Gasteiger partial charge in [-0.15, -0.1) is 0 Å². The van der Waals surface area contributed by atoms with Crippen LogP contribution >= 0.6 is 0 Å². The third kappa shape index (κ3) is 8.24. The molecule has 0 spiro atoms. The fourth-order valence-electron chi connectivity index (χ4n) is 4.61. The molecule has 3 aromatic rings. The van der Waals surface area contributed by atoms with Crippen LogP contribution in [-0.4, -0.2) is 78.0 Å². The molecule has 1 saturated heterocycles. The number of benzene rings is 2. The van der Waals surface area contributed by atoms with Crippen molar-refractivity contribution in [1.82, 2.24) is 14.6 Å². The summed E-state index contributed by atoms with van der Waals surface area (Å²) in [7, 11) is 0. The molecule has 2 amide bonds. The number of nitrogens with one attached hydrogen (secondary N) is 1. The first kappa shape index (κ1) is 33.6. The van der Waals surface area contributed by atoms with Gasteiger partial charge in [0.05, 0.1) is 12.5 Å². The van der Waals surface area contributed by atoms with Crippen molar-refractivity contribution in [2.45, 2.75) is 44.4 Å². The topological polar surface area (TPSA) is 236 Å². The summed E-state index contributed by atoms with van der Waals surface area (Å²) in [5.74, 6) is 3.75. The Hall–Kier alpha value is -5.29. The number of anilines is 1. The molecule has 1 aliphatic heterocycles. The first-order valence-electron chi connectivity index (χ1n) is 13.9. The number of carboxylic acids is 1. The predicted molar refractivity (Wildman–Crippen MR) is 159 cm³/mol. The Bertz CT molecular complexity index is 1630. The second-order valence-corrected chi connectivity index (χ2v) is 10.3. The summed E-state index contributed by atoms with van der Waals surface area (Å²) in [6, 6.07) is 12.5. The summed E-state index contributed by atoms with van der Waals surface area (Å²) in [6.45, 7) is 4.90. The molecular weight excluding hydrogens is 606 g/mol. The third-order valence-corrected chi connectivity index (χ3v) is 7.10. The Morgan fingerprint density at radius 3 is 2.33 bits per heavy atom. The SMILES string of the molecule is C=C1C(n2ccc(NC(=O)OC(C)[C@@H](C(=O)O)N(N)C(=O)CCc3ccc(Oc4ccc(O)cc4)cc3)nc2=O)OC[C@H]1C(O)O. The van der Waals surface area contributed by atoms with E-state index < -0.39 is 54.2 Å². The van der Waals surface area contributed by atoms with E-state index in [1.807, 2.05) is 0 Å². The number of ether oxygens (including phenoxy) is 3. The molecule has 2 unspecified atom stereocenters. The van der Waals surface area contributed by atoms with E-state index in [9.17, 15) is 39.6 Å². The van der Waals surface area contributed by atoms with Crippen LogP contribution in [0.5, 0.6) is 17.2 Å². The quantitative estimate of drug-likeness (QED) is 0.0542. The molecule has 1 fully saturated rings. The number of nitrogens with two attached hydrogens (primary N) is 1. The molecule has 1 aromatic heterocycles. The number of aliphatic hydroxyl groups excluding tert-OH is 1. The molecule has 0 radical (unpaired) electrons. The van der Waals surface area contributed by atoms with Crippen molar-refractivity contribution in [3.8, 4) is 17.2 Å². The van der Waals surface area contributed by atoms with E-state index in [-0.39, 0.29) is 36.6 Å². The zero-order valence-corrected chi connectivity index (χ0v) is 24.6. The zero-order chi connectivity index (χ0) is 33.5. The Balaban J connectivity index is 1.30. The molecule has 16 heteroatoms. The maximum Gasteiger partial charge on any atom is 0.413 e. The summed E-state index contributed by atoms with van der Waals surface area (Å²) >= 11 is 0. The molecule has 4 rings (SSSR count). The lowest BCUT2D eigenvalue weighted by Gasteiger charge is -2.28. The highest BCUT2D eigenvalue weighted by molar-refractivity contribution is 5.86. The van der Waals surface area contributed by atoms with Gasteiger partial charge in [-0.3, -0.25) is 19.7 Å². The van der Waals surface area contributed by atoms with Gasteiger partial charge >= 0.3 is 17.8 Å². The van der Waals surface area contributed by atoms with Gasteiger partial charge in [-0.2, -0.15) is 4.98 Å². The number of phenolic OH excluding ortho intramolecular Hbond substituents is 1. The number of amides is 2. The molecule has 0 bridgehead atoms. The molecule has 4 atom stereocenters. The number of rotatable bonds is 12. The highest BCUT2D eigenvalue weighted by Crippen LogP contribution is 2.33. The summed E-state index contributed by atoms with van der Waals surface area (Å²) in [5, 5.41) is 40.6. The number of carboxylic acid groups (broad SMARTS) is 1. The van der Waals surface area contributed by atoms with Crippen molar-refractivity contribution in [1.29, 1.82) is 0 Å². The predicted octanol–water partition coefficient (Wildman–Crippen LogP) is 1.48. The number of carbonyl (C=O) groups is 3. The molecule has 0 aliphatic carbocycles. The molecule has 2 heterocycles. The molecule has 0 saturated carbocycles. The first-order chi connectivity index (χ1) is 21.8. The van der Waals surface area contributed by atoms with Crippen LogP contribution in [0.15, 0.2) is 77.7 Å². The lowest BCUT2D eigenvalue weighted by Crippen LogP contribution is -2.55. The number of aliphatic hydroxyl groups is 2. The number of aliphatic carboxylic acids is 1. The van der Waals surface area contributed by atoms with Gasteiger partial charge < -0.3 is 34.6 Å². The summed E-state index contributed by atoms with van der Waals surface area (Å²) in [6.07, 6.45) is -3.97.